The molecule has 1 saturated carbocycles. The molecule has 1 aliphatic rings. The van der Waals surface area contributed by atoms with Crippen molar-refractivity contribution in [2.75, 3.05) is 13.2 Å². The maximum Gasteiger partial charge on any atom is 0.371 e. The van der Waals surface area contributed by atoms with Gasteiger partial charge < -0.3 is 14.3 Å². The normalized spacial score (nSPS) is 18.9. The number of carbonyl (C=O) groups is 2. The van der Waals surface area contributed by atoms with Crippen LogP contribution in [0, 0.1) is 37.0 Å². The molecule has 0 bridgehead atoms. The summed E-state index contributed by atoms with van der Waals surface area (Å²) in [5.41, 5.74) is 0.126. The lowest BCUT2D eigenvalue weighted by molar-refractivity contribution is -0.145. The van der Waals surface area contributed by atoms with Crippen molar-refractivity contribution in [2.45, 2.75) is 27.2 Å². The van der Waals surface area contributed by atoms with E-state index in [1.54, 1.807) is 20.0 Å². The summed E-state index contributed by atoms with van der Waals surface area (Å²) in [6, 6.07) is 1.53. The average Bonchev–Trinajstić information content (AvgIpc) is 3.34. The van der Waals surface area contributed by atoms with Gasteiger partial charge in [-0.3, -0.25) is 0 Å². The number of nitrogens with zero attached hydrogens (tertiary/aromatic N) is 4. The molecular weight excluding hydrogens is 328 g/mol. The number of ether oxygens (including phenoxy) is 2. The molecule has 0 N–H and O–H groups in total. The van der Waals surface area contributed by atoms with Crippen LogP contribution in [0.25, 0.3) is 0 Å². The summed E-state index contributed by atoms with van der Waals surface area (Å²) in [7, 11) is 0. The highest BCUT2D eigenvalue weighted by molar-refractivity contribution is 6.42. The summed E-state index contributed by atoms with van der Waals surface area (Å²) in [4.78, 5) is 36.1. The van der Waals surface area contributed by atoms with Crippen molar-refractivity contribution in [3.05, 3.63) is 17.7 Å². The maximum atomic E-state index is 11.9. The van der Waals surface area contributed by atoms with Crippen molar-refractivity contribution in [3.8, 4) is 11.8 Å². The van der Waals surface area contributed by atoms with Gasteiger partial charge in [0.25, 0.3) is 5.71 Å². The fourth-order valence-corrected chi connectivity index (χ4v) is 2.09. The monoisotopic (exact) mass is 346 g/mol. The molecule has 1 aliphatic carbocycles. The minimum atomic E-state index is -0.927. The molecule has 9 nitrogen and oxygen atoms in total. The van der Waals surface area contributed by atoms with Gasteiger partial charge in [0.1, 0.15) is 11.9 Å². The van der Waals surface area contributed by atoms with Gasteiger partial charge in [0.15, 0.2) is 5.75 Å². The number of aryl methyl sites for hydroxylation is 2. The largest absolute Gasteiger partial charge is 0.490 e. The standard InChI is InChI=1S/C16H18N4O5/c1-4-23-16(22)13(6-17)20-25-15(21)12-5-11(12)8-24-14-7-18-10(3)19-9(14)2/h7,11-12H,4-5,8H2,1-3H3/b20-13+/t11-,12-/m1/s1. The Balaban J connectivity index is 1.81. The first-order valence-electron chi connectivity index (χ1n) is 7.75. The Hall–Kier alpha value is -3.02. The molecule has 1 fully saturated rings. The second-order valence-corrected chi connectivity index (χ2v) is 5.46. The Kier molecular flexibility index (Phi) is 6.00. The highest BCUT2D eigenvalue weighted by Gasteiger charge is 2.45. The van der Waals surface area contributed by atoms with E-state index in [4.69, 9.17) is 10.00 Å². The Morgan fingerprint density at radius 1 is 1.44 bits per heavy atom. The van der Waals surface area contributed by atoms with Gasteiger partial charge in [0, 0.05) is 5.92 Å². The van der Waals surface area contributed by atoms with Crippen LogP contribution in [-0.2, 0) is 19.2 Å². The molecule has 0 spiro atoms. The number of esters is 1. The average molecular weight is 346 g/mol. The van der Waals surface area contributed by atoms with Gasteiger partial charge in [-0.05, 0) is 27.2 Å². The molecule has 1 heterocycles. The Bertz CT molecular complexity index is 741. The molecule has 9 heteroatoms. The third kappa shape index (κ3) is 4.97. The highest BCUT2D eigenvalue weighted by atomic mass is 16.7. The third-order valence-corrected chi connectivity index (χ3v) is 3.53. The Morgan fingerprint density at radius 3 is 2.84 bits per heavy atom. The van der Waals surface area contributed by atoms with E-state index < -0.39 is 17.7 Å². The van der Waals surface area contributed by atoms with Crippen LogP contribution in [0.5, 0.6) is 5.75 Å². The first kappa shape index (κ1) is 18.3. The molecule has 132 valence electrons. The highest BCUT2D eigenvalue weighted by Crippen LogP contribution is 2.40. The predicted molar refractivity (Wildman–Crippen MR) is 84.4 cm³/mol. The fraction of sp³-hybridized carbons (Fsp3) is 0.500. The van der Waals surface area contributed by atoms with Crippen LogP contribution in [0.1, 0.15) is 24.9 Å². The maximum absolute atomic E-state index is 11.9. The number of carbonyl (C=O) groups excluding carboxylic acids is 2. The molecule has 25 heavy (non-hydrogen) atoms. The molecule has 0 unspecified atom stereocenters. The van der Waals surface area contributed by atoms with Crippen LogP contribution in [0.3, 0.4) is 0 Å². The minimum Gasteiger partial charge on any atom is -0.490 e. The van der Waals surface area contributed by atoms with Crippen molar-refractivity contribution in [1.29, 1.82) is 5.26 Å². The van der Waals surface area contributed by atoms with Gasteiger partial charge in [0.2, 0.25) is 0 Å². The van der Waals surface area contributed by atoms with Gasteiger partial charge in [-0.1, -0.05) is 5.16 Å². The molecule has 2 atom stereocenters. The lowest BCUT2D eigenvalue weighted by Crippen LogP contribution is -2.17. The molecule has 1 aromatic heterocycles. The van der Waals surface area contributed by atoms with E-state index in [9.17, 15) is 9.59 Å². The van der Waals surface area contributed by atoms with Gasteiger partial charge in [-0.2, -0.15) is 5.26 Å². The summed E-state index contributed by atoms with van der Waals surface area (Å²) in [5.74, 6) is -0.706. The number of rotatable bonds is 7. The van der Waals surface area contributed by atoms with Crippen LogP contribution in [-0.4, -0.2) is 40.8 Å². The van der Waals surface area contributed by atoms with Crippen LogP contribution in [0.2, 0.25) is 0 Å². The first-order valence-corrected chi connectivity index (χ1v) is 7.75. The van der Waals surface area contributed by atoms with E-state index in [1.165, 1.54) is 6.07 Å². The molecule has 2 rings (SSSR count). The van der Waals surface area contributed by atoms with Gasteiger partial charge in [-0.25, -0.2) is 19.6 Å². The zero-order valence-electron chi connectivity index (χ0n) is 14.2. The van der Waals surface area contributed by atoms with Crippen LogP contribution in [0.15, 0.2) is 11.4 Å². The molecule has 0 saturated heterocycles. The second kappa shape index (κ2) is 8.19. The van der Waals surface area contributed by atoms with E-state index in [0.29, 0.717) is 24.6 Å². The molecule has 0 radical (unpaired) electrons. The number of aromatic nitrogens is 2. The second-order valence-electron chi connectivity index (χ2n) is 5.46. The topological polar surface area (TPSA) is 124 Å². The van der Waals surface area contributed by atoms with Crippen molar-refractivity contribution < 1.29 is 23.9 Å². The summed E-state index contributed by atoms with van der Waals surface area (Å²) >= 11 is 0. The lowest BCUT2D eigenvalue weighted by Gasteiger charge is -2.07. The minimum absolute atomic E-state index is 0.0171. The summed E-state index contributed by atoms with van der Waals surface area (Å²) < 4.78 is 10.2. The molecule has 0 amide bonds. The molecule has 1 aromatic rings. The van der Waals surface area contributed by atoms with Crippen molar-refractivity contribution >= 4 is 17.7 Å². The van der Waals surface area contributed by atoms with E-state index in [-0.39, 0.29) is 18.4 Å². The third-order valence-electron chi connectivity index (χ3n) is 3.53. The number of nitriles is 1. The zero-order chi connectivity index (χ0) is 18.4. The predicted octanol–water partition coefficient (Wildman–Crippen LogP) is 1.09. The van der Waals surface area contributed by atoms with Gasteiger partial charge in [0.05, 0.1) is 31.0 Å². The summed E-state index contributed by atoms with van der Waals surface area (Å²) in [6.07, 6.45) is 2.18. The smallest absolute Gasteiger partial charge is 0.371 e. The van der Waals surface area contributed by atoms with E-state index >= 15 is 0 Å². The quantitative estimate of drug-likeness (QED) is 0.311. The molecular formula is C16H18N4O5. The van der Waals surface area contributed by atoms with Gasteiger partial charge in [-0.15, -0.1) is 0 Å². The Labute approximate surface area is 144 Å². The lowest BCUT2D eigenvalue weighted by atomic mass is 10.3. The van der Waals surface area contributed by atoms with Crippen molar-refractivity contribution in [3.63, 3.8) is 0 Å². The van der Waals surface area contributed by atoms with E-state index in [2.05, 4.69) is 24.7 Å². The Morgan fingerprint density at radius 2 is 2.20 bits per heavy atom. The van der Waals surface area contributed by atoms with E-state index in [1.807, 2.05) is 6.92 Å². The molecule has 0 aliphatic heterocycles. The summed E-state index contributed by atoms with van der Waals surface area (Å²) in [5, 5.41) is 12.1. The SMILES string of the molecule is CCOC(=O)/C(C#N)=N/OC(=O)[C@@H]1C[C@@H]1COc1cnc(C)nc1C. The zero-order valence-corrected chi connectivity index (χ0v) is 14.2. The fourth-order valence-electron chi connectivity index (χ4n) is 2.09. The number of hydrogen-bond acceptors (Lipinski definition) is 9. The van der Waals surface area contributed by atoms with Crippen LogP contribution < -0.4 is 4.74 Å². The molecule has 0 aromatic carbocycles. The van der Waals surface area contributed by atoms with Crippen LogP contribution >= 0.6 is 0 Å². The van der Waals surface area contributed by atoms with Crippen molar-refractivity contribution in [1.82, 2.24) is 9.97 Å². The van der Waals surface area contributed by atoms with Crippen LogP contribution in [0.4, 0.5) is 0 Å². The van der Waals surface area contributed by atoms with Crippen molar-refractivity contribution in [2.24, 2.45) is 17.0 Å². The number of oxime groups is 1. The first-order chi connectivity index (χ1) is 12.0. The van der Waals surface area contributed by atoms with Gasteiger partial charge >= 0.3 is 11.9 Å². The number of hydrogen-bond donors (Lipinski definition) is 0. The van der Waals surface area contributed by atoms with E-state index in [0.717, 1.165) is 5.69 Å². The summed E-state index contributed by atoms with van der Waals surface area (Å²) in [6.45, 7) is 5.61.